The lowest BCUT2D eigenvalue weighted by atomic mass is 9.66. The second-order valence-electron chi connectivity index (χ2n) is 9.63. The van der Waals surface area contributed by atoms with Crippen LogP contribution in [-0.2, 0) is 19.1 Å². The van der Waals surface area contributed by atoms with Gasteiger partial charge < -0.3 is 20.1 Å². The molecule has 34 heavy (non-hydrogen) atoms. The summed E-state index contributed by atoms with van der Waals surface area (Å²) in [6.07, 6.45) is 0.749. The first-order valence-electron chi connectivity index (χ1n) is 11.9. The van der Waals surface area contributed by atoms with Crippen LogP contribution >= 0.6 is 11.8 Å². The first-order chi connectivity index (χ1) is 16.3. The Kier molecular flexibility index (Phi) is 5.84. The highest BCUT2D eigenvalue weighted by molar-refractivity contribution is 8.02. The Balaban J connectivity index is 1.54. The summed E-state index contributed by atoms with van der Waals surface area (Å²) in [5.41, 5.74) is 0.653. The van der Waals surface area contributed by atoms with E-state index >= 15 is 0 Å². The molecule has 0 aromatic heterocycles. The van der Waals surface area contributed by atoms with E-state index in [0.29, 0.717) is 5.69 Å². The van der Waals surface area contributed by atoms with Gasteiger partial charge in [-0.2, -0.15) is 0 Å². The number of nitrogens with one attached hydrogen (secondary N) is 1. The van der Waals surface area contributed by atoms with E-state index < -0.39 is 28.7 Å². The van der Waals surface area contributed by atoms with Gasteiger partial charge in [0.05, 0.1) is 35.8 Å². The highest BCUT2D eigenvalue weighted by Crippen LogP contribution is 2.68. The maximum atomic E-state index is 13.9. The van der Waals surface area contributed by atoms with E-state index in [4.69, 9.17) is 4.74 Å². The van der Waals surface area contributed by atoms with E-state index in [2.05, 4.69) is 12.2 Å². The lowest BCUT2D eigenvalue weighted by molar-refractivity contribution is -0.154. The summed E-state index contributed by atoms with van der Waals surface area (Å²) in [6, 6.07) is 12.3. The van der Waals surface area contributed by atoms with Gasteiger partial charge in [-0.15, -0.1) is 11.8 Å². The minimum Gasteiger partial charge on any atom is -0.466 e. The van der Waals surface area contributed by atoms with Crippen molar-refractivity contribution in [2.75, 3.05) is 18.5 Å². The summed E-state index contributed by atoms with van der Waals surface area (Å²) < 4.78 is 4.62. The van der Waals surface area contributed by atoms with Crippen LogP contribution in [0.4, 0.5) is 5.69 Å². The fourth-order valence-electron chi connectivity index (χ4n) is 6.30. The zero-order chi connectivity index (χ0) is 24.2. The van der Waals surface area contributed by atoms with Crippen LogP contribution in [0.5, 0.6) is 0 Å². The standard InChI is InChI=1S/C26H30N2O5S/c1-4-33-25(32)20-19-11-14(2)26(34-19)21(20)24(31)28(15(3)13-29)22(26)23(30)27-18-10-9-16-7-5-6-8-17(16)12-18/h5-10,12,14-15,19-22,29H,4,11,13H2,1-3H3,(H,27,30)/t14?,15-,19-,20+,21+,22?,26?/m1/s1. The molecule has 2 amide bonds. The first kappa shape index (κ1) is 23.2. The van der Waals surface area contributed by atoms with Gasteiger partial charge in [-0.25, -0.2) is 0 Å². The number of nitrogens with zero attached hydrogens (tertiary/aromatic N) is 1. The van der Waals surface area contributed by atoms with Gasteiger partial charge in [0, 0.05) is 10.9 Å². The number of ether oxygens (including phenoxy) is 1. The van der Waals surface area contributed by atoms with E-state index in [1.165, 1.54) is 4.90 Å². The van der Waals surface area contributed by atoms with Crippen molar-refractivity contribution in [2.45, 2.75) is 49.3 Å². The van der Waals surface area contributed by atoms with Crippen molar-refractivity contribution in [1.29, 1.82) is 0 Å². The molecule has 3 unspecified atom stereocenters. The number of hydrogen-bond donors (Lipinski definition) is 2. The molecule has 2 bridgehead atoms. The van der Waals surface area contributed by atoms with Crippen LogP contribution in [0.3, 0.4) is 0 Å². The first-order valence-corrected chi connectivity index (χ1v) is 12.8. The summed E-state index contributed by atoms with van der Waals surface area (Å²) in [4.78, 5) is 42.1. The van der Waals surface area contributed by atoms with E-state index in [1.807, 2.05) is 42.5 Å². The molecular weight excluding hydrogens is 452 g/mol. The number of hydrogen-bond acceptors (Lipinski definition) is 6. The number of aliphatic hydroxyl groups is 1. The van der Waals surface area contributed by atoms with Crippen LogP contribution in [0.25, 0.3) is 10.8 Å². The number of carbonyl (C=O) groups excluding carboxylic acids is 3. The fraction of sp³-hybridized carbons (Fsp3) is 0.500. The number of esters is 1. The van der Waals surface area contributed by atoms with Crippen molar-refractivity contribution in [3.63, 3.8) is 0 Å². The van der Waals surface area contributed by atoms with Crippen molar-refractivity contribution in [2.24, 2.45) is 17.8 Å². The van der Waals surface area contributed by atoms with Gasteiger partial charge >= 0.3 is 5.97 Å². The summed E-state index contributed by atoms with van der Waals surface area (Å²) in [7, 11) is 0. The molecule has 2 aromatic rings. The average molecular weight is 483 g/mol. The maximum Gasteiger partial charge on any atom is 0.310 e. The molecule has 3 aliphatic rings. The maximum absolute atomic E-state index is 13.9. The topological polar surface area (TPSA) is 95.9 Å². The molecule has 3 saturated heterocycles. The lowest BCUT2D eigenvalue weighted by Crippen LogP contribution is -2.56. The lowest BCUT2D eigenvalue weighted by Gasteiger charge is -2.39. The van der Waals surface area contributed by atoms with Gasteiger partial charge in [0.2, 0.25) is 11.8 Å². The van der Waals surface area contributed by atoms with Gasteiger partial charge in [0.25, 0.3) is 0 Å². The summed E-state index contributed by atoms with van der Waals surface area (Å²) >= 11 is 1.60. The Bertz CT molecular complexity index is 1150. The van der Waals surface area contributed by atoms with E-state index in [1.54, 1.807) is 25.6 Å². The van der Waals surface area contributed by atoms with Crippen LogP contribution in [0.1, 0.15) is 27.2 Å². The average Bonchev–Trinajstić information content (AvgIpc) is 3.42. The number of thioether (sulfide) groups is 1. The molecule has 0 radical (unpaired) electrons. The molecule has 5 rings (SSSR count). The number of aliphatic hydroxyl groups excluding tert-OH is 1. The third kappa shape index (κ3) is 3.26. The normalized spacial score (nSPS) is 32.6. The zero-order valence-electron chi connectivity index (χ0n) is 19.6. The Morgan fingerprint density at radius 1 is 1.26 bits per heavy atom. The van der Waals surface area contributed by atoms with Crippen molar-refractivity contribution in [1.82, 2.24) is 4.90 Å². The number of amides is 2. The summed E-state index contributed by atoms with van der Waals surface area (Å²) in [6.45, 7) is 5.55. The van der Waals surface area contributed by atoms with Crippen LogP contribution in [-0.4, -0.2) is 63.1 Å². The molecule has 8 heteroatoms. The van der Waals surface area contributed by atoms with Gasteiger partial charge in [-0.05, 0) is 49.1 Å². The summed E-state index contributed by atoms with van der Waals surface area (Å²) in [5.74, 6) is -2.02. The Morgan fingerprint density at radius 2 is 2.00 bits per heavy atom. The van der Waals surface area contributed by atoms with Gasteiger partial charge in [0.15, 0.2) is 0 Å². The second kappa shape index (κ2) is 8.57. The second-order valence-corrected chi connectivity index (χ2v) is 11.2. The van der Waals surface area contributed by atoms with E-state index in [9.17, 15) is 19.5 Å². The molecule has 3 fully saturated rings. The van der Waals surface area contributed by atoms with Gasteiger partial charge in [0.1, 0.15) is 6.04 Å². The number of fused-ring (bicyclic) bond motifs is 2. The smallest absolute Gasteiger partial charge is 0.310 e. The Morgan fingerprint density at radius 3 is 2.71 bits per heavy atom. The predicted molar refractivity (Wildman–Crippen MR) is 131 cm³/mol. The third-order valence-electron chi connectivity index (χ3n) is 7.75. The predicted octanol–water partition coefficient (Wildman–Crippen LogP) is 3.06. The monoisotopic (exact) mass is 482 g/mol. The molecule has 3 heterocycles. The fourth-order valence-corrected chi connectivity index (χ4v) is 8.70. The minimum absolute atomic E-state index is 0.0504. The molecule has 0 aliphatic carbocycles. The molecule has 0 saturated carbocycles. The quantitative estimate of drug-likeness (QED) is 0.615. The van der Waals surface area contributed by atoms with Crippen molar-refractivity contribution in [3.8, 4) is 0 Å². The summed E-state index contributed by atoms with van der Waals surface area (Å²) in [5, 5.41) is 15.0. The number of likely N-dealkylation sites (tertiary alicyclic amines) is 1. The Labute approximate surface area is 203 Å². The molecule has 2 aromatic carbocycles. The SMILES string of the molecule is CCOC(=O)[C@@H]1[C@H]2C(=O)N([C@H](C)CO)C(C(=O)Nc3ccc4ccccc4c3)C23S[C@@H]1CC3C. The van der Waals surface area contributed by atoms with Crippen LogP contribution in [0, 0.1) is 17.8 Å². The third-order valence-corrected chi connectivity index (χ3v) is 9.82. The van der Waals surface area contributed by atoms with Crippen LogP contribution in [0.15, 0.2) is 42.5 Å². The number of benzene rings is 2. The molecule has 7 atom stereocenters. The van der Waals surface area contributed by atoms with E-state index in [-0.39, 0.29) is 42.2 Å². The molecule has 7 nitrogen and oxygen atoms in total. The Hall–Kier alpha value is -2.58. The molecular formula is C26H30N2O5S. The van der Waals surface area contributed by atoms with Crippen molar-refractivity contribution in [3.05, 3.63) is 42.5 Å². The largest absolute Gasteiger partial charge is 0.466 e. The number of carbonyl (C=O) groups is 3. The van der Waals surface area contributed by atoms with E-state index in [0.717, 1.165) is 17.2 Å². The molecule has 1 spiro atoms. The van der Waals surface area contributed by atoms with Crippen LogP contribution in [0.2, 0.25) is 0 Å². The van der Waals surface area contributed by atoms with Crippen molar-refractivity contribution < 1.29 is 24.2 Å². The van der Waals surface area contributed by atoms with Crippen molar-refractivity contribution >= 4 is 46.0 Å². The molecule has 3 aliphatic heterocycles. The zero-order valence-corrected chi connectivity index (χ0v) is 20.4. The number of anilines is 1. The van der Waals surface area contributed by atoms with Gasteiger partial charge in [-0.1, -0.05) is 37.3 Å². The van der Waals surface area contributed by atoms with Gasteiger partial charge in [-0.3, -0.25) is 14.4 Å². The highest BCUT2D eigenvalue weighted by Gasteiger charge is 2.76. The minimum atomic E-state index is -0.789. The highest BCUT2D eigenvalue weighted by atomic mass is 32.2. The van der Waals surface area contributed by atoms with Crippen LogP contribution < -0.4 is 5.32 Å². The molecule has 2 N–H and O–H groups in total. The molecule has 180 valence electrons. The number of rotatable bonds is 6.